The largest absolute Gasteiger partial charge is 0.350 e. The average Bonchev–Trinajstić information content (AvgIpc) is 2.89. The van der Waals surface area contributed by atoms with Gasteiger partial charge in [0.2, 0.25) is 0 Å². The summed E-state index contributed by atoms with van der Waals surface area (Å²) in [4.78, 5) is 19.8. The molecule has 2 aromatic rings. The first kappa shape index (κ1) is 19.1. The van der Waals surface area contributed by atoms with Crippen molar-refractivity contribution in [2.75, 3.05) is 13.1 Å². The van der Waals surface area contributed by atoms with Gasteiger partial charge in [-0.25, -0.2) is 4.39 Å². The zero-order valence-corrected chi connectivity index (χ0v) is 15.4. The molecule has 0 radical (unpaired) electrons. The Morgan fingerprint density at radius 1 is 1.16 bits per heavy atom. The summed E-state index contributed by atoms with van der Waals surface area (Å²) >= 11 is 0. The van der Waals surface area contributed by atoms with E-state index in [1.54, 1.807) is 0 Å². The number of amidine groups is 1. The quantitative estimate of drug-likeness (QED) is 0.760. The van der Waals surface area contributed by atoms with Crippen molar-refractivity contribution in [3.8, 4) is 0 Å². The maximum absolute atomic E-state index is 13.1. The minimum absolute atomic E-state index is 0. The van der Waals surface area contributed by atoms with E-state index < -0.39 is 0 Å². The van der Waals surface area contributed by atoms with Crippen LogP contribution in [0.15, 0.2) is 53.5 Å². The molecule has 2 aromatic carbocycles. The molecule has 0 saturated carbocycles. The SMILES string of the molecule is CCN1C(c2ccccc2C(=O)c2ccc(F)cc2)=NCC1(C)C.Cl. The van der Waals surface area contributed by atoms with Gasteiger partial charge in [0.25, 0.3) is 0 Å². The predicted octanol–water partition coefficient (Wildman–Crippen LogP) is 4.34. The Bertz CT molecular complexity index is 800. The van der Waals surface area contributed by atoms with E-state index in [-0.39, 0.29) is 29.5 Å². The molecule has 25 heavy (non-hydrogen) atoms. The molecule has 0 bridgehead atoms. The zero-order chi connectivity index (χ0) is 17.3. The third-order valence-electron chi connectivity index (χ3n) is 4.44. The lowest BCUT2D eigenvalue weighted by atomic mass is 9.96. The molecule has 5 heteroatoms. The lowest BCUT2D eigenvalue weighted by Crippen LogP contribution is -2.45. The smallest absolute Gasteiger partial charge is 0.193 e. The number of carbonyl (C=O) groups excluding carboxylic acids is 1. The van der Waals surface area contributed by atoms with Gasteiger partial charge in [0.05, 0.1) is 12.1 Å². The molecule has 0 unspecified atom stereocenters. The number of benzene rings is 2. The van der Waals surface area contributed by atoms with Crippen LogP contribution in [0, 0.1) is 5.82 Å². The third kappa shape index (κ3) is 3.59. The van der Waals surface area contributed by atoms with Crippen LogP contribution in [0.25, 0.3) is 0 Å². The Balaban J connectivity index is 0.00000225. The van der Waals surface area contributed by atoms with Crippen molar-refractivity contribution in [3.05, 3.63) is 71.0 Å². The maximum Gasteiger partial charge on any atom is 0.193 e. The predicted molar refractivity (Wildman–Crippen MR) is 101 cm³/mol. The summed E-state index contributed by atoms with van der Waals surface area (Å²) in [6, 6.07) is 13.2. The standard InChI is InChI=1S/C20H21FN2O.ClH/c1-4-23-19(22-13-20(23,2)3)17-8-6-5-7-16(17)18(24)14-9-11-15(21)12-10-14;/h5-12H,4,13H2,1-3H3;1H. The molecule has 0 fully saturated rings. The van der Waals surface area contributed by atoms with Crippen molar-refractivity contribution in [1.29, 1.82) is 0 Å². The fourth-order valence-corrected chi connectivity index (χ4v) is 3.17. The Morgan fingerprint density at radius 2 is 1.80 bits per heavy atom. The van der Waals surface area contributed by atoms with E-state index in [0.29, 0.717) is 17.7 Å². The van der Waals surface area contributed by atoms with Crippen LogP contribution in [-0.2, 0) is 0 Å². The first-order valence-corrected chi connectivity index (χ1v) is 8.16. The topological polar surface area (TPSA) is 32.7 Å². The number of hydrogen-bond acceptors (Lipinski definition) is 3. The number of halogens is 2. The normalized spacial score (nSPS) is 15.5. The van der Waals surface area contributed by atoms with Crippen molar-refractivity contribution in [1.82, 2.24) is 4.90 Å². The fraction of sp³-hybridized carbons (Fsp3) is 0.300. The number of hydrogen-bond donors (Lipinski definition) is 0. The lowest BCUT2D eigenvalue weighted by molar-refractivity contribution is 0.103. The van der Waals surface area contributed by atoms with Crippen LogP contribution in [0.2, 0.25) is 0 Å². The second-order valence-corrected chi connectivity index (χ2v) is 6.58. The van der Waals surface area contributed by atoms with Gasteiger partial charge in [-0.05, 0) is 45.0 Å². The number of carbonyl (C=O) groups is 1. The number of rotatable bonds is 4. The number of likely N-dealkylation sites (N-methyl/N-ethyl adjacent to an activating group) is 1. The molecule has 0 aromatic heterocycles. The highest BCUT2D eigenvalue weighted by Crippen LogP contribution is 2.27. The van der Waals surface area contributed by atoms with Crippen molar-refractivity contribution >= 4 is 24.0 Å². The van der Waals surface area contributed by atoms with Gasteiger partial charge >= 0.3 is 0 Å². The molecule has 0 amide bonds. The van der Waals surface area contributed by atoms with Crippen molar-refractivity contribution < 1.29 is 9.18 Å². The Hall–Kier alpha value is -2.20. The lowest BCUT2D eigenvalue weighted by Gasteiger charge is -2.33. The summed E-state index contributed by atoms with van der Waals surface area (Å²) in [6.07, 6.45) is 0. The number of ketones is 1. The molecule has 0 atom stereocenters. The molecule has 0 N–H and O–H groups in total. The summed E-state index contributed by atoms with van der Waals surface area (Å²) in [6.45, 7) is 7.92. The Labute approximate surface area is 154 Å². The van der Waals surface area contributed by atoms with Crippen LogP contribution in [0.3, 0.4) is 0 Å². The van der Waals surface area contributed by atoms with Gasteiger partial charge in [-0.2, -0.15) is 0 Å². The molecule has 3 rings (SSSR count). The molecule has 1 heterocycles. The van der Waals surface area contributed by atoms with Crippen molar-refractivity contribution in [2.24, 2.45) is 4.99 Å². The van der Waals surface area contributed by atoms with Gasteiger partial charge in [-0.3, -0.25) is 9.79 Å². The zero-order valence-electron chi connectivity index (χ0n) is 14.6. The molecule has 0 saturated heterocycles. The second kappa shape index (κ2) is 7.36. The van der Waals surface area contributed by atoms with E-state index in [9.17, 15) is 9.18 Å². The van der Waals surface area contributed by atoms with E-state index in [4.69, 9.17) is 4.99 Å². The van der Waals surface area contributed by atoms with Gasteiger partial charge < -0.3 is 4.90 Å². The summed E-state index contributed by atoms with van der Waals surface area (Å²) in [5, 5.41) is 0. The number of nitrogens with zero attached hydrogens (tertiary/aromatic N) is 2. The Morgan fingerprint density at radius 3 is 2.44 bits per heavy atom. The van der Waals surface area contributed by atoms with E-state index in [2.05, 4.69) is 25.7 Å². The molecule has 132 valence electrons. The molecular weight excluding hydrogens is 339 g/mol. The average molecular weight is 361 g/mol. The summed E-state index contributed by atoms with van der Waals surface area (Å²) in [7, 11) is 0. The van der Waals surface area contributed by atoms with Gasteiger partial charge in [0.15, 0.2) is 5.78 Å². The van der Waals surface area contributed by atoms with Gasteiger partial charge in [-0.15, -0.1) is 12.4 Å². The van der Waals surface area contributed by atoms with Crippen LogP contribution in [0.5, 0.6) is 0 Å². The first-order chi connectivity index (χ1) is 11.4. The molecular formula is C20H22ClFN2O. The number of aliphatic imine (C=N–C) groups is 1. The summed E-state index contributed by atoms with van der Waals surface area (Å²) in [5.41, 5.74) is 1.85. The molecule has 0 aliphatic carbocycles. The summed E-state index contributed by atoms with van der Waals surface area (Å²) < 4.78 is 13.1. The fourth-order valence-electron chi connectivity index (χ4n) is 3.17. The van der Waals surface area contributed by atoms with Gasteiger partial charge in [-0.1, -0.05) is 24.3 Å². The first-order valence-electron chi connectivity index (χ1n) is 8.16. The molecule has 1 aliphatic heterocycles. The molecule has 3 nitrogen and oxygen atoms in total. The second-order valence-electron chi connectivity index (χ2n) is 6.58. The molecule has 1 aliphatic rings. The van der Waals surface area contributed by atoms with Gasteiger partial charge in [0, 0.05) is 23.2 Å². The van der Waals surface area contributed by atoms with Crippen molar-refractivity contribution in [2.45, 2.75) is 26.3 Å². The van der Waals surface area contributed by atoms with E-state index in [1.165, 1.54) is 24.3 Å². The van der Waals surface area contributed by atoms with Crippen molar-refractivity contribution in [3.63, 3.8) is 0 Å². The van der Waals surface area contributed by atoms with E-state index in [0.717, 1.165) is 17.9 Å². The van der Waals surface area contributed by atoms with E-state index in [1.807, 2.05) is 24.3 Å². The van der Waals surface area contributed by atoms with Crippen LogP contribution < -0.4 is 0 Å². The highest BCUT2D eigenvalue weighted by atomic mass is 35.5. The van der Waals surface area contributed by atoms with Crippen LogP contribution >= 0.6 is 12.4 Å². The highest BCUT2D eigenvalue weighted by Gasteiger charge is 2.35. The maximum atomic E-state index is 13.1. The minimum atomic E-state index is -0.348. The van der Waals surface area contributed by atoms with Crippen LogP contribution in [-0.4, -0.2) is 35.1 Å². The highest BCUT2D eigenvalue weighted by molar-refractivity contribution is 6.16. The van der Waals surface area contributed by atoms with E-state index >= 15 is 0 Å². The third-order valence-corrected chi connectivity index (χ3v) is 4.44. The molecule has 0 spiro atoms. The summed E-state index contributed by atoms with van der Waals surface area (Å²) in [5.74, 6) is 0.390. The van der Waals surface area contributed by atoms with Crippen LogP contribution in [0.1, 0.15) is 42.3 Å². The van der Waals surface area contributed by atoms with Gasteiger partial charge in [0.1, 0.15) is 11.7 Å². The monoisotopic (exact) mass is 360 g/mol. The van der Waals surface area contributed by atoms with Crippen LogP contribution in [0.4, 0.5) is 4.39 Å². The Kier molecular flexibility index (Phi) is 5.63. The minimum Gasteiger partial charge on any atom is -0.350 e.